The molecule has 0 atom stereocenters. The van der Waals surface area contributed by atoms with Gasteiger partial charge in [-0.2, -0.15) is 0 Å². The van der Waals surface area contributed by atoms with Crippen LogP contribution in [0.15, 0.2) is 67.0 Å². The Morgan fingerprint density at radius 2 is 1.70 bits per heavy atom. The molecular weight excluding hydrogens is 348 g/mol. The number of nitrogens with zero attached hydrogens (tertiary/aromatic N) is 1. The van der Waals surface area contributed by atoms with E-state index in [1.54, 1.807) is 0 Å². The zero-order chi connectivity index (χ0) is 19.1. The van der Waals surface area contributed by atoms with Crippen LogP contribution < -0.4 is 5.32 Å². The van der Waals surface area contributed by atoms with Crippen molar-refractivity contribution >= 4 is 17.2 Å². The first-order valence-electron chi connectivity index (χ1n) is 9.48. The molecule has 0 saturated carbocycles. The molecule has 27 heavy (non-hydrogen) atoms. The summed E-state index contributed by atoms with van der Waals surface area (Å²) in [5.74, 6) is 0. The number of hydrogen-bond acceptors (Lipinski definition) is 2. The molecule has 0 amide bonds. The number of pyridine rings is 1. The molecule has 1 N–H and O–H groups in total. The van der Waals surface area contributed by atoms with Gasteiger partial charge in [0.1, 0.15) is 4.99 Å². The van der Waals surface area contributed by atoms with Crippen molar-refractivity contribution in [2.75, 3.05) is 6.54 Å². The van der Waals surface area contributed by atoms with E-state index < -0.39 is 0 Å². The number of rotatable bonds is 7. The van der Waals surface area contributed by atoms with Gasteiger partial charge in [0.15, 0.2) is 0 Å². The Bertz CT molecular complexity index is 886. The lowest BCUT2D eigenvalue weighted by atomic mass is 9.99. The lowest BCUT2D eigenvalue weighted by molar-refractivity contribution is 0.711. The maximum absolute atomic E-state index is 5.54. The molecule has 0 aliphatic rings. The van der Waals surface area contributed by atoms with Gasteiger partial charge in [0.05, 0.1) is 0 Å². The third-order valence-corrected chi connectivity index (χ3v) is 5.27. The Kier molecular flexibility index (Phi) is 6.72. The first-order chi connectivity index (χ1) is 13.1. The molecule has 1 heterocycles. The number of hydrogen-bond donors (Lipinski definition) is 1. The zero-order valence-electron chi connectivity index (χ0n) is 16.0. The Balaban J connectivity index is 1.48. The lowest BCUT2D eigenvalue weighted by Crippen LogP contribution is -2.23. The molecule has 2 nitrogen and oxygen atoms in total. The van der Waals surface area contributed by atoms with Crippen LogP contribution in [-0.2, 0) is 6.42 Å². The molecule has 0 bridgehead atoms. The molecule has 3 heteroatoms. The molecule has 0 unspecified atom stereocenters. The second-order valence-electron chi connectivity index (χ2n) is 6.95. The number of thiocarbonyl (C=S) groups is 1. The van der Waals surface area contributed by atoms with Crippen LogP contribution in [0.5, 0.6) is 0 Å². The predicted octanol–water partition coefficient (Wildman–Crippen LogP) is 5.65. The Hall–Kier alpha value is -2.52. The summed E-state index contributed by atoms with van der Waals surface area (Å²) in [5, 5.41) is 3.38. The van der Waals surface area contributed by atoms with Gasteiger partial charge < -0.3 is 5.32 Å². The molecule has 0 radical (unpaired) electrons. The minimum atomic E-state index is 0.822. The van der Waals surface area contributed by atoms with E-state index in [0.717, 1.165) is 36.4 Å². The maximum atomic E-state index is 5.54. The zero-order valence-corrected chi connectivity index (χ0v) is 16.9. The van der Waals surface area contributed by atoms with Crippen molar-refractivity contribution in [3.8, 4) is 11.1 Å². The summed E-state index contributed by atoms with van der Waals surface area (Å²) in [7, 11) is 0. The van der Waals surface area contributed by atoms with Gasteiger partial charge in [0.2, 0.25) is 0 Å². The average molecular weight is 375 g/mol. The van der Waals surface area contributed by atoms with E-state index in [-0.39, 0.29) is 0 Å². The molecule has 0 aliphatic carbocycles. The molecule has 0 spiro atoms. The summed E-state index contributed by atoms with van der Waals surface area (Å²) in [5.41, 5.74) is 7.48. The summed E-state index contributed by atoms with van der Waals surface area (Å²) < 4.78 is 0. The maximum Gasteiger partial charge on any atom is 0.106 e. The minimum absolute atomic E-state index is 0.822. The normalized spacial score (nSPS) is 10.6. The fraction of sp³-hybridized carbons (Fsp3) is 0.250. The summed E-state index contributed by atoms with van der Waals surface area (Å²) in [4.78, 5) is 4.98. The van der Waals surface area contributed by atoms with Crippen molar-refractivity contribution in [1.29, 1.82) is 0 Å². The quantitative estimate of drug-likeness (QED) is 0.427. The van der Waals surface area contributed by atoms with Gasteiger partial charge in [-0.15, -0.1) is 0 Å². The molecule has 2 aromatic carbocycles. The van der Waals surface area contributed by atoms with E-state index in [2.05, 4.69) is 72.7 Å². The van der Waals surface area contributed by atoms with Crippen LogP contribution in [-0.4, -0.2) is 16.5 Å². The average Bonchev–Trinajstić information content (AvgIpc) is 2.70. The SMILES string of the molecule is Cc1ccc(-c2ccc(C(=S)NCCCCc3cccnc3)cc2)cc1C. The van der Waals surface area contributed by atoms with Crippen LogP contribution in [0.2, 0.25) is 0 Å². The second kappa shape index (κ2) is 9.43. The van der Waals surface area contributed by atoms with Crippen LogP contribution in [0.1, 0.15) is 35.1 Å². The highest BCUT2D eigenvalue weighted by molar-refractivity contribution is 7.80. The summed E-state index contributed by atoms with van der Waals surface area (Å²) in [6.07, 6.45) is 7.04. The van der Waals surface area contributed by atoms with Crippen molar-refractivity contribution in [1.82, 2.24) is 10.3 Å². The third-order valence-electron chi connectivity index (χ3n) is 4.89. The Morgan fingerprint density at radius 3 is 2.41 bits per heavy atom. The minimum Gasteiger partial charge on any atom is -0.376 e. The predicted molar refractivity (Wildman–Crippen MR) is 118 cm³/mol. The number of aromatic nitrogens is 1. The summed E-state index contributed by atoms with van der Waals surface area (Å²) in [6, 6.07) is 19.2. The van der Waals surface area contributed by atoms with Gasteiger partial charge >= 0.3 is 0 Å². The number of benzene rings is 2. The summed E-state index contributed by atoms with van der Waals surface area (Å²) >= 11 is 5.54. The van der Waals surface area contributed by atoms with Gasteiger partial charge in [0.25, 0.3) is 0 Å². The number of nitrogens with one attached hydrogen (secondary N) is 1. The van der Waals surface area contributed by atoms with Crippen molar-refractivity contribution < 1.29 is 0 Å². The molecule has 138 valence electrons. The molecular formula is C24H26N2S. The van der Waals surface area contributed by atoms with Crippen molar-refractivity contribution in [2.24, 2.45) is 0 Å². The Morgan fingerprint density at radius 1 is 0.926 bits per heavy atom. The van der Waals surface area contributed by atoms with Crippen LogP contribution in [0.3, 0.4) is 0 Å². The third kappa shape index (κ3) is 5.48. The van der Waals surface area contributed by atoms with Crippen molar-refractivity contribution in [2.45, 2.75) is 33.1 Å². The molecule has 3 aromatic rings. The van der Waals surface area contributed by atoms with Crippen LogP contribution in [0.25, 0.3) is 11.1 Å². The smallest absolute Gasteiger partial charge is 0.106 e. The highest BCUT2D eigenvalue weighted by Crippen LogP contribution is 2.22. The Labute approximate surface area is 167 Å². The van der Waals surface area contributed by atoms with E-state index in [1.807, 2.05) is 18.5 Å². The van der Waals surface area contributed by atoms with E-state index in [1.165, 1.54) is 27.8 Å². The van der Waals surface area contributed by atoms with Gasteiger partial charge in [-0.1, -0.05) is 60.7 Å². The van der Waals surface area contributed by atoms with Gasteiger partial charge in [-0.05, 0) is 67.0 Å². The first-order valence-corrected chi connectivity index (χ1v) is 9.89. The van der Waals surface area contributed by atoms with Crippen molar-refractivity contribution in [3.63, 3.8) is 0 Å². The van der Waals surface area contributed by atoms with Crippen LogP contribution in [0, 0.1) is 13.8 Å². The van der Waals surface area contributed by atoms with E-state index in [4.69, 9.17) is 12.2 Å². The van der Waals surface area contributed by atoms with E-state index in [9.17, 15) is 0 Å². The molecule has 1 aromatic heterocycles. The fourth-order valence-corrected chi connectivity index (χ4v) is 3.28. The fourth-order valence-electron chi connectivity index (χ4n) is 3.04. The number of unbranched alkanes of at least 4 members (excludes halogenated alkanes) is 1. The second-order valence-corrected chi connectivity index (χ2v) is 7.36. The first kappa shape index (κ1) is 19.2. The molecule has 0 aliphatic heterocycles. The van der Waals surface area contributed by atoms with Gasteiger partial charge in [0, 0.05) is 24.5 Å². The van der Waals surface area contributed by atoms with Crippen LogP contribution >= 0.6 is 12.2 Å². The monoisotopic (exact) mass is 374 g/mol. The van der Waals surface area contributed by atoms with E-state index >= 15 is 0 Å². The van der Waals surface area contributed by atoms with Gasteiger partial charge in [-0.25, -0.2) is 0 Å². The van der Waals surface area contributed by atoms with Gasteiger partial charge in [-0.3, -0.25) is 4.98 Å². The molecule has 3 rings (SSSR count). The highest BCUT2D eigenvalue weighted by atomic mass is 32.1. The highest BCUT2D eigenvalue weighted by Gasteiger charge is 2.03. The van der Waals surface area contributed by atoms with E-state index in [0.29, 0.717) is 0 Å². The van der Waals surface area contributed by atoms with Crippen LogP contribution in [0.4, 0.5) is 0 Å². The number of aryl methyl sites for hydroxylation is 3. The largest absolute Gasteiger partial charge is 0.376 e. The van der Waals surface area contributed by atoms with Crippen molar-refractivity contribution in [3.05, 3.63) is 89.2 Å². The summed E-state index contributed by atoms with van der Waals surface area (Å²) in [6.45, 7) is 5.20. The molecule has 0 fully saturated rings. The standard InChI is InChI=1S/C24H26N2S/c1-18-8-9-23(16-19(18)2)21-10-12-22(13-11-21)24(27)26-15-4-3-6-20-7-5-14-25-17-20/h5,7-14,16-17H,3-4,6,15H2,1-2H3,(H,26,27). The lowest BCUT2D eigenvalue weighted by Gasteiger charge is -2.10. The topological polar surface area (TPSA) is 24.9 Å². The molecule has 0 saturated heterocycles.